The zero-order valence-electron chi connectivity index (χ0n) is 38.4. The average Bonchev–Trinajstić information content (AvgIpc) is 4.14. The van der Waals surface area contributed by atoms with Crippen molar-refractivity contribution >= 4 is 44.6 Å². The van der Waals surface area contributed by atoms with Crippen LogP contribution >= 0.6 is 0 Å². The van der Waals surface area contributed by atoms with Gasteiger partial charge in [0.15, 0.2) is 17.7 Å². The number of rotatable bonds is 11. The fourth-order valence-electron chi connectivity index (χ4n) is 8.72. The zero-order valence-corrected chi connectivity index (χ0v) is 39.2. The Kier molecular flexibility index (Phi) is 13.8. The summed E-state index contributed by atoms with van der Waals surface area (Å²) in [6, 6.07) is 8.29. The number of benzene rings is 2. The van der Waals surface area contributed by atoms with E-state index in [1.165, 1.54) is 26.2 Å². The molecule has 15 nitrogen and oxygen atoms in total. The monoisotopic (exact) mass is 959 g/mol. The number of ether oxygens (including phenoxy) is 4. The number of aromatic nitrogens is 1. The van der Waals surface area contributed by atoms with Crippen molar-refractivity contribution in [3.8, 4) is 28.6 Å². The van der Waals surface area contributed by atoms with Gasteiger partial charge in [-0.1, -0.05) is 26.0 Å². The lowest BCUT2D eigenvalue weighted by molar-refractivity contribution is -0.197. The van der Waals surface area contributed by atoms with Gasteiger partial charge < -0.3 is 34.5 Å². The number of amides is 4. The van der Waals surface area contributed by atoms with Crippen molar-refractivity contribution in [2.24, 2.45) is 17.8 Å². The molecule has 3 fully saturated rings. The van der Waals surface area contributed by atoms with Crippen LogP contribution in [0.25, 0.3) is 22.0 Å². The fourth-order valence-corrected chi connectivity index (χ4v) is 10.0. The second-order valence-electron chi connectivity index (χ2n) is 18.9. The quantitative estimate of drug-likeness (QED) is 0.131. The second-order valence-corrected chi connectivity index (χ2v) is 21.1. The first-order valence-electron chi connectivity index (χ1n) is 22.5. The van der Waals surface area contributed by atoms with Gasteiger partial charge >= 0.3 is 12.3 Å². The topological polar surface area (TPSA) is 192 Å². The first kappa shape index (κ1) is 49.3. The van der Waals surface area contributed by atoms with Crippen LogP contribution < -0.4 is 29.6 Å². The van der Waals surface area contributed by atoms with Crippen LogP contribution in [0.2, 0.25) is 0 Å². The summed E-state index contributed by atoms with van der Waals surface area (Å²) in [7, 11) is -2.64. The normalized spacial score (nSPS) is 26.8. The molecule has 2 aromatic carbocycles. The highest BCUT2D eigenvalue weighted by molar-refractivity contribution is 7.91. The number of alkyl halides is 3. The van der Waals surface area contributed by atoms with Gasteiger partial charge in [0, 0.05) is 23.3 Å². The van der Waals surface area contributed by atoms with Crippen LogP contribution in [-0.2, 0) is 29.1 Å². The number of nitrogens with one attached hydrogen (secondary N) is 3. The van der Waals surface area contributed by atoms with Crippen LogP contribution in [0.4, 0.5) is 22.4 Å². The number of allylic oxidation sites excluding steroid dienone is 1. The van der Waals surface area contributed by atoms with E-state index in [0.717, 1.165) is 4.90 Å². The van der Waals surface area contributed by atoms with Crippen LogP contribution in [0.15, 0.2) is 54.6 Å². The number of methoxy groups -OCH3 is 1. The molecule has 2 aliphatic carbocycles. The Labute approximate surface area is 386 Å². The SMILES string of the molecule is COc1ccc2c(OC3CC4C(=O)NC5(C(=O)NS(=O)(=O)C6(C)CC6)CC5C=CCCC(C)CC(C)C(NC(=O)OC(C)C(F)(F)F)C(=O)N4C3)nc(-c3ccc(OC(C)C)c(F)c3)cc2c1. The van der Waals surface area contributed by atoms with E-state index in [0.29, 0.717) is 66.8 Å². The predicted octanol–water partition coefficient (Wildman–Crippen LogP) is 7.12. The molecule has 67 heavy (non-hydrogen) atoms. The Hall–Kier alpha value is -5.66. The fraction of sp³-hybridized carbons (Fsp3) is 0.553. The summed E-state index contributed by atoms with van der Waals surface area (Å²) in [6.07, 6.45) is -4.60. The maximum Gasteiger partial charge on any atom is 0.425 e. The van der Waals surface area contributed by atoms with Crippen LogP contribution in [0.5, 0.6) is 17.4 Å². The van der Waals surface area contributed by atoms with E-state index in [9.17, 15) is 40.8 Å². The van der Waals surface area contributed by atoms with Gasteiger partial charge in [-0.2, -0.15) is 13.2 Å². The highest BCUT2D eigenvalue weighted by Crippen LogP contribution is 2.48. The third-order valence-corrected chi connectivity index (χ3v) is 15.3. The molecule has 4 amide bonds. The van der Waals surface area contributed by atoms with Crippen molar-refractivity contribution in [1.29, 1.82) is 0 Å². The number of halogens is 4. The molecule has 0 radical (unpaired) electrons. The molecule has 2 saturated carbocycles. The van der Waals surface area contributed by atoms with Gasteiger partial charge in [-0.05, 0) is 126 Å². The molecule has 3 heterocycles. The molecule has 8 unspecified atom stereocenters. The molecule has 20 heteroatoms. The highest BCUT2D eigenvalue weighted by Gasteiger charge is 2.63. The summed E-state index contributed by atoms with van der Waals surface area (Å²) in [5.41, 5.74) is -1.04. The summed E-state index contributed by atoms with van der Waals surface area (Å²) in [6.45, 7) is 8.99. The summed E-state index contributed by atoms with van der Waals surface area (Å²) in [5, 5.41) is 6.22. The van der Waals surface area contributed by atoms with Crippen molar-refractivity contribution in [3.63, 3.8) is 0 Å². The van der Waals surface area contributed by atoms with Crippen LogP contribution in [0, 0.1) is 23.6 Å². The number of alkyl carbamates (subject to hydrolysis) is 1. The maximum atomic E-state index is 15.3. The molecular weight excluding hydrogens is 903 g/mol. The third-order valence-electron chi connectivity index (χ3n) is 13.1. The standard InChI is InChI=1S/C47H57F4N5O10S/c1-25(2)64-38-15-12-29(20-35(38)48)36-21-30-19-32(63-7)13-14-34(30)41(52-36)66-33-22-37-40(57)54-46(43(59)55-67(61,62)45(6)16-17-45)23-31(46)11-9-8-10-26(3)18-27(4)39(42(58)56(37)24-33)53-44(60)65-28(5)47(49,50)51/h9,11-15,19-21,25-28,31,33,37,39H,8,10,16-18,22-24H2,1-7H3,(H,53,60)(H,54,57)(H,55,59). The van der Waals surface area contributed by atoms with Gasteiger partial charge in [0.1, 0.15) is 29.5 Å². The minimum Gasteiger partial charge on any atom is -0.497 e. The molecule has 4 aliphatic rings. The van der Waals surface area contributed by atoms with E-state index in [1.807, 2.05) is 13.0 Å². The van der Waals surface area contributed by atoms with Crippen molar-refractivity contribution in [2.45, 2.75) is 133 Å². The third kappa shape index (κ3) is 10.7. The van der Waals surface area contributed by atoms with E-state index < -0.39 is 92.2 Å². The number of fused-ring (bicyclic) bond motifs is 3. The first-order chi connectivity index (χ1) is 31.4. The molecule has 0 bridgehead atoms. The summed E-state index contributed by atoms with van der Waals surface area (Å²) >= 11 is 0. The van der Waals surface area contributed by atoms with E-state index in [2.05, 4.69) is 20.1 Å². The number of hydrogen-bond acceptors (Lipinski definition) is 11. The summed E-state index contributed by atoms with van der Waals surface area (Å²) in [4.78, 5) is 62.8. The average molecular weight is 960 g/mol. The van der Waals surface area contributed by atoms with E-state index in [1.54, 1.807) is 57.2 Å². The Morgan fingerprint density at radius 3 is 2.42 bits per heavy atom. The molecule has 8 atom stereocenters. The van der Waals surface area contributed by atoms with Crippen molar-refractivity contribution in [1.82, 2.24) is 25.2 Å². The minimum absolute atomic E-state index is 0.0428. The summed E-state index contributed by atoms with van der Waals surface area (Å²) in [5.74, 6) is -4.01. The lowest BCUT2D eigenvalue weighted by Gasteiger charge is -2.33. The molecule has 364 valence electrons. The molecule has 1 saturated heterocycles. The number of carbonyl (C=O) groups excluding carboxylic acids is 4. The lowest BCUT2D eigenvalue weighted by Crippen LogP contribution is -2.59. The predicted molar refractivity (Wildman–Crippen MR) is 238 cm³/mol. The largest absolute Gasteiger partial charge is 0.497 e. The Morgan fingerprint density at radius 2 is 1.76 bits per heavy atom. The van der Waals surface area contributed by atoms with Crippen LogP contribution in [0.3, 0.4) is 0 Å². The smallest absolute Gasteiger partial charge is 0.425 e. The number of carbonyl (C=O) groups is 4. The molecule has 1 aromatic heterocycles. The van der Waals surface area contributed by atoms with Crippen LogP contribution in [0.1, 0.15) is 86.5 Å². The zero-order chi connectivity index (χ0) is 48.8. The van der Waals surface area contributed by atoms with Crippen molar-refractivity contribution < 1.29 is 64.1 Å². The Morgan fingerprint density at radius 1 is 1.03 bits per heavy atom. The van der Waals surface area contributed by atoms with E-state index >= 15 is 4.39 Å². The van der Waals surface area contributed by atoms with Crippen molar-refractivity contribution in [3.05, 3.63) is 60.4 Å². The van der Waals surface area contributed by atoms with E-state index in [4.69, 9.17) is 19.2 Å². The van der Waals surface area contributed by atoms with Gasteiger partial charge in [0.25, 0.3) is 5.91 Å². The Balaban J connectivity index is 1.27. The molecule has 2 aliphatic heterocycles. The van der Waals surface area contributed by atoms with Gasteiger partial charge in [-0.15, -0.1) is 0 Å². The number of pyridine rings is 1. The molecule has 0 spiro atoms. The lowest BCUT2D eigenvalue weighted by atomic mass is 9.88. The van der Waals surface area contributed by atoms with Gasteiger partial charge in [-0.3, -0.25) is 19.1 Å². The summed E-state index contributed by atoms with van der Waals surface area (Å²) < 4.78 is 106. The molecule has 3 aromatic rings. The Bertz CT molecular complexity index is 2550. The first-order valence-corrected chi connectivity index (χ1v) is 23.9. The number of sulfonamides is 1. The van der Waals surface area contributed by atoms with Gasteiger partial charge in [0.2, 0.25) is 27.7 Å². The van der Waals surface area contributed by atoms with Gasteiger partial charge in [-0.25, -0.2) is 22.6 Å². The molecule has 3 N–H and O–H groups in total. The highest BCUT2D eigenvalue weighted by atomic mass is 32.2. The molecular formula is C47H57F4N5O10S. The maximum absolute atomic E-state index is 15.3. The van der Waals surface area contributed by atoms with Crippen LogP contribution in [-0.4, -0.2) is 103 Å². The number of nitrogens with zero attached hydrogens (tertiary/aromatic N) is 2. The number of hydrogen-bond donors (Lipinski definition) is 3. The van der Waals surface area contributed by atoms with Gasteiger partial charge in [0.05, 0.1) is 30.2 Å². The van der Waals surface area contributed by atoms with E-state index in [-0.39, 0.29) is 43.0 Å². The second kappa shape index (κ2) is 18.8. The minimum atomic E-state index is -4.89. The molecule has 7 rings (SSSR count). The van der Waals surface area contributed by atoms with Crippen molar-refractivity contribution in [2.75, 3.05) is 13.7 Å².